The molecule has 3 aliphatic rings. The van der Waals surface area contributed by atoms with E-state index in [0.29, 0.717) is 11.8 Å². The fourth-order valence-electron chi connectivity index (χ4n) is 4.15. The topological polar surface area (TPSA) is 75.1 Å². The Balaban J connectivity index is 0.00000131. The van der Waals surface area contributed by atoms with Crippen molar-refractivity contribution in [1.82, 2.24) is 30.3 Å². The number of carbonyl (C=O) groups excluding carboxylic acids is 1. The predicted octanol–water partition coefficient (Wildman–Crippen LogP) is 1.62. The predicted molar refractivity (Wildman–Crippen MR) is 110 cm³/mol. The average Bonchev–Trinajstić information content (AvgIpc) is 3.18. The first-order valence-electron chi connectivity index (χ1n) is 9.82. The second-order valence-corrected chi connectivity index (χ2v) is 7.95. The van der Waals surface area contributed by atoms with Gasteiger partial charge in [0.25, 0.3) is 0 Å². The second kappa shape index (κ2) is 10.0. The summed E-state index contributed by atoms with van der Waals surface area (Å²) in [4.78, 5) is 14.6. The van der Waals surface area contributed by atoms with Gasteiger partial charge in [-0.15, -0.1) is 35.0 Å². The van der Waals surface area contributed by atoms with Crippen LogP contribution in [-0.2, 0) is 18.4 Å². The average molecular weight is 419 g/mol. The number of likely N-dealkylation sites (tertiary alicyclic amines) is 1. The van der Waals surface area contributed by atoms with Crippen molar-refractivity contribution in [2.75, 3.05) is 26.2 Å². The number of amides is 1. The number of hydrogen-bond acceptors (Lipinski definition) is 5. The molecule has 0 bridgehead atoms. The Morgan fingerprint density at radius 3 is 2.70 bits per heavy atom. The largest absolute Gasteiger partial charge is 0.354 e. The van der Waals surface area contributed by atoms with Gasteiger partial charge in [-0.2, -0.15) is 0 Å². The molecule has 2 atom stereocenters. The van der Waals surface area contributed by atoms with Crippen LogP contribution < -0.4 is 10.6 Å². The van der Waals surface area contributed by atoms with Gasteiger partial charge in [-0.1, -0.05) is 0 Å². The van der Waals surface area contributed by atoms with Crippen molar-refractivity contribution in [3.8, 4) is 0 Å². The van der Waals surface area contributed by atoms with Crippen LogP contribution >= 0.6 is 24.8 Å². The number of carbonyl (C=O) groups is 1. The molecule has 1 aromatic rings. The SMILES string of the molecule is Cl.Cl.Cn1c(CN2CCCC(CNC(=O)C3CCCN3)C2)nnc1C1CC1. The smallest absolute Gasteiger partial charge is 0.237 e. The molecule has 2 N–H and O–H groups in total. The van der Waals surface area contributed by atoms with Crippen LogP contribution in [0.4, 0.5) is 0 Å². The number of nitrogens with zero attached hydrogens (tertiary/aromatic N) is 4. The highest BCUT2D eigenvalue weighted by molar-refractivity contribution is 5.85. The molecule has 2 saturated heterocycles. The number of aromatic nitrogens is 3. The number of rotatable bonds is 6. The molecule has 3 fully saturated rings. The van der Waals surface area contributed by atoms with E-state index in [2.05, 4.69) is 37.3 Å². The molecule has 154 valence electrons. The third kappa shape index (κ3) is 5.56. The highest BCUT2D eigenvalue weighted by Crippen LogP contribution is 2.38. The molecule has 1 amide bonds. The lowest BCUT2D eigenvalue weighted by atomic mass is 9.98. The van der Waals surface area contributed by atoms with Gasteiger partial charge in [-0.05, 0) is 57.5 Å². The van der Waals surface area contributed by atoms with Gasteiger partial charge < -0.3 is 15.2 Å². The molecule has 1 saturated carbocycles. The normalized spacial score (nSPS) is 25.5. The molecule has 1 aliphatic carbocycles. The number of piperidine rings is 1. The molecular formula is C18H32Cl2N6O. The quantitative estimate of drug-likeness (QED) is 0.733. The first-order valence-corrected chi connectivity index (χ1v) is 9.82. The van der Waals surface area contributed by atoms with Crippen LogP contribution in [0.5, 0.6) is 0 Å². The van der Waals surface area contributed by atoms with Crippen LogP contribution in [0.2, 0.25) is 0 Å². The Morgan fingerprint density at radius 2 is 2.00 bits per heavy atom. The van der Waals surface area contributed by atoms with Crippen LogP contribution in [0, 0.1) is 5.92 Å². The maximum absolute atomic E-state index is 12.2. The fraction of sp³-hybridized carbons (Fsp3) is 0.833. The van der Waals surface area contributed by atoms with Gasteiger partial charge in [0.15, 0.2) is 0 Å². The molecule has 2 aliphatic heterocycles. The van der Waals surface area contributed by atoms with Gasteiger partial charge in [0, 0.05) is 26.1 Å². The Labute approximate surface area is 173 Å². The first kappa shape index (κ1) is 22.4. The monoisotopic (exact) mass is 418 g/mol. The minimum absolute atomic E-state index is 0. The van der Waals surface area contributed by atoms with Crippen LogP contribution in [0.15, 0.2) is 0 Å². The summed E-state index contributed by atoms with van der Waals surface area (Å²) >= 11 is 0. The molecule has 2 unspecified atom stereocenters. The molecular weight excluding hydrogens is 387 g/mol. The summed E-state index contributed by atoms with van der Waals surface area (Å²) in [5.41, 5.74) is 0. The van der Waals surface area contributed by atoms with E-state index in [0.717, 1.165) is 57.2 Å². The van der Waals surface area contributed by atoms with Crippen molar-refractivity contribution < 1.29 is 4.79 Å². The molecule has 3 heterocycles. The summed E-state index contributed by atoms with van der Waals surface area (Å²) in [6, 6.07) is 0.0270. The van der Waals surface area contributed by atoms with Crippen molar-refractivity contribution >= 4 is 30.7 Å². The summed E-state index contributed by atoms with van der Waals surface area (Å²) < 4.78 is 2.19. The summed E-state index contributed by atoms with van der Waals surface area (Å²) in [6.07, 6.45) is 6.98. The highest BCUT2D eigenvalue weighted by Gasteiger charge is 2.30. The van der Waals surface area contributed by atoms with Gasteiger partial charge in [-0.25, -0.2) is 0 Å². The van der Waals surface area contributed by atoms with E-state index >= 15 is 0 Å². The van der Waals surface area contributed by atoms with Gasteiger partial charge in [0.1, 0.15) is 11.6 Å². The summed E-state index contributed by atoms with van der Waals surface area (Å²) in [6.45, 7) is 4.77. The van der Waals surface area contributed by atoms with Crippen molar-refractivity contribution in [2.24, 2.45) is 13.0 Å². The zero-order chi connectivity index (χ0) is 17.2. The standard InChI is InChI=1S/C18H30N6O.2ClH/c1-23-16(21-22-17(23)14-6-7-14)12-24-9-3-4-13(11-24)10-20-18(25)15-5-2-8-19-15;;/h13-15,19H,2-12H2,1H3,(H,20,25);2*1H. The lowest BCUT2D eigenvalue weighted by Gasteiger charge is -2.32. The Hall–Kier alpha value is -0.890. The van der Waals surface area contributed by atoms with Gasteiger partial charge >= 0.3 is 0 Å². The Bertz CT molecular complexity index is 615. The van der Waals surface area contributed by atoms with E-state index in [1.54, 1.807) is 0 Å². The van der Waals surface area contributed by atoms with Gasteiger partial charge in [-0.3, -0.25) is 9.69 Å². The van der Waals surface area contributed by atoms with Gasteiger partial charge in [0.05, 0.1) is 12.6 Å². The lowest BCUT2D eigenvalue weighted by molar-refractivity contribution is -0.123. The molecule has 1 aromatic heterocycles. The molecule has 9 heteroatoms. The van der Waals surface area contributed by atoms with Crippen molar-refractivity contribution in [3.05, 3.63) is 11.6 Å². The molecule has 4 rings (SSSR count). The molecule has 27 heavy (non-hydrogen) atoms. The van der Waals surface area contributed by atoms with Crippen LogP contribution in [0.1, 0.15) is 56.1 Å². The van der Waals surface area contributed by atoms with E-state index in [1.807, 2.05) is 0 Å². The van der Waals surface area contributed by atoms with E-state index in [1.165, 1.54) is 25.7 Å². The number of halogens is 2. The second-order valence-electron chi connectivity index (χ2n) is 7.95. The molecule has 7 nitrogen and oxygen atoms in total. The number of hydrogen-bond donors (Lipinski definition) is 2. The van der Waals surface area contributed by atoms with Crippen molar-refractivity contribution in [2.45, 2.75) is 57.0 Å². The van der Waals surface area contributed by atoms with Crippen LogP contribution in [-0.4, -0.2) is 57.8 Å². The van der Waals surface area contributed by atoms with E-state index < -0.39 is 0 Å². The summed E-state index contributed by atoms with van der Waals surface area (Å²) in [5, 5.41) is 15.2. The third-order valence-corrected chi connectivity index (χ3v) is 5.85. The number of nitrogens with one attached hydrogen (secondary N) is 2. The first-order chi connectivity index (χ1) is 12.2. The maximum atomic E-state index is 12.2. The van der Waals surface area contributed by atoms with Crippen molar-refractivity contribution in [1.29, 1.82) is 0 Å². The molecule has 0 radical (unpaired) electrons. The highest BCUT2D eigenvalue weighted by atomic mass is 35.5. The third-order valence-electron chi connectivity index (χ3n) is 5.85. The zero-order valence-electron chi connectivity index (χ0n) is 16.0. The Kier molecular flexibility index (Phi) is 8.34. The fourth-order valence-corrected chi connectivity index (χ4v) is 4.15. The Morgan fingerprint density at radius 1 is 1.19 bits per heavy atom. The van der Waals surface area contributed by atoms with Crippen LogP contribution in [0.25, 0.3) is 0 Å². The van der Waals surface area contributed by atoms with E-state index in [4.69, 9.17) is 0 Å². The van der Waals surface area contributed by atoms with Crippen LogP contribution in [0.3, 0.4) is 0 Å². The summed E-state index contributed by atoms with van der Waals surface area (Å²) in [5.74, 6) is 3.58. The lowest BCUT2D eigenvalue weighted by Crippen LogP contribution is -2.45. The molecule has 0 spiro atoms. The molecule has 0 aromatic carbocycles. The van der Waals surface area contributed by atoms with E-state index in [-0.39, 0.29) is 36.8 Å². The maximum Gasteiger partial charge on any atom is 0.237 e. The van der Waals surface area contributed by atoms with E-state index in [9.17, 15) is 4.79 Å². The zero-order valence-corrected chi connectivity index (χ0v) is 17.7. The minimum Gasteiger partial charge on any atom is -0.354 e. The van der Waals surface area contributed by atoms with Gasteiger partial charge in [0.2, 0.25) is 5.91 Å². The summed E-state index contributed by atoms with van der Waals surface area (Å²) in [7, 11) is 2.10. The van der Waals surface area contributed by atoms with Crippen molar-refractivity contribution in [3.63, 3.8) is 0 Å². The minimum atomic E-state index is 0.